The molecule has 1 amide bonds. The fourth-order valence-corrected chi connectivity index (χ4v) is 3.56. The topological polar surface area (TPSA) is 136 Å². The van der Waals surface area contributed by atoms with Crippen molar-refractivity contribution in [2.24, 2.45) is 14.1 Å². The molecule has 3 heterocycles. The molecule has 0 unspecified atom stereocenters. The maximum absolute atomic E-state index is 11.4. The number of aromatic nitrogens is 4. The number of fused-ring (bicyclic) bond motifs is 2. The minimum Gasteiger partial charge on any atom is -0.339 e. The van der Waals surface area contributed by atoms with Crippen LogP contribution < -0.4 is 16.0 Å². The van der Waals surface area contributed by atoms with Gasteiger partial charge in [0.25, 0.3) is 21.5 Å². The van der Waals surface area contributed by atoms with Crippen molar-refractivity contribution in [1.82, 2.24) is 23.8 Å². The van der Waals surface area contributed by atoms with E-state index in [1.807, 2.05) is 4.72 Å². The number of H-pyrrole nitrogens is 1. The fraction of sp³-hybridized carbons (Fsp3) is 0.143. The van der Waals surface area contributed by atoms with E-state index in [2.05, 4.69) is 9.97 Å². The van der Waals surface area contributed by atoms with Crippen molar-refractivity contribution in [3.8, 4) is 0 Å². The summed E-state index contributed by atoms with van der Waals surface area (Å²) < 4.78 is 26.5. The predicted molar refractivity (Wildman–Crippen MR) is 87.7 cm³/mol. The zero-order chi connectivity index (χ0) is 18.4. The van der Waals surface area contributed by atoms with E-state index in [1.54, 1.807) is 19.2 Å². The summed E-state index contributed by atoms with van der Waals surface area (Å²) in [5, 5.41) is 0. The second-order valence-corrected chi connectivity index (χ2v) is 6.89. The zero-order valence-corrected chi connectivity index (χ0v) is 14.0. The highest BCUT2D eigenvalue weighted by molar-refractivity contribution is 7.90. The van der Waals surface area contributed by atoms with E-state index < -0.39 is 15.9 Å². The van der Waals surface area contributed by atoms with Crippen molar-refractivity contribution in [2.45, 2.75) is 4.90 Å². The van der Waals surface area contributed by atoms with Gasteiger partial charge in [-0.3, -0.25) is 18.7 Å². The summed E-state index contributed by atoms with van der Waals surface area (Å²) in [7, 11) is -0.545. The van der Waals surface area contributed by atoms with Crippen LogP contribution in [-0.2, 0) is 24.1 Å². The first-order chi connectivity index (χ1) is 11.7. The molecule has 0 aliphatic carbocycles. The van der Waals surface area contributed by atoms with Crippen molar-refractivity contribution >= 4 is 27.1 Å². The predicted octanol–water partition coefficient (Wildman–Crippen LogP) is -0.921. The van der Waals surface area contributed by atoms with Gasteiger partial charge in [0.1, 0.15) is 10.4 Å². The highest BCUT2D eigenvalue weighted by atomic mass is 32.2. The van der Waals surface area contributed by atoms with E-state index in [-0.39, 0.29) is 21.7 Å². The van der Waals surface area contributed by atoms with E-state index in [1.165, 1.54) is 30.1 Å². The SMILES string of the molecule is Cn1c(=O)c2[nH]cnc2n(C)c1=O.O=C1NS(=O)(=O)c2ccccc21. The number of benzene rings is 1. The lowest BCUT2D eigenvalue weighted by Gasteiger charge is -2.00. The minimum atomic E-state index is -3.55. The number of nitrogens with one attached hydrogen (secondary N) is 2. The highest BCUT2D eigenvalue weighted by Gasteiger charge is 2.31. The third kappa shape index (κ3) is 2.63. The van der Waals surface area contributed by atoms with Crippen molar-refractivity contribution < 1.29 is 13.2 Å². The molecule has 1 aliphatic rings. The number of hydrogen-bond acceptors (Lipinski definition) is 6. The number of imidazole rings is 1. The normalized spacial score (nSPS) is 14.6. The molecule has 0 radical (unpaired) electrons. The molecule has 2 aromatic heterocycles. The Morgan fingerprint density at radius 3 is 2.40 bits per heavy atom. The Labute approximate surface area is 140 Å². The van der Waals surface area contributed by atoms with Crippen LogP contribution in [0.3, 0.4) is 0 Å². The molecule has 25 heavy (non-hydrogen) atoms. The summed E-state index contributed by atoms with van der Waals surface area (Å²) in [5.41, 5.74) is 0.232. The molecule has 10 nitrogen and oxygen atoms in total. The lowest BCUT2D eigenvalue weighted by Crippen LogP contribution is -2.36. The smallest absolute Gasteiger partial charge is 0.332 e. The number of sulfonamides is 1. The largest absolute Gasteiger partial charge is 0.339 e. The maximum atomic E-state index is 11.4. The van der Waals surface area contributed by atoms with E-state index in [4.69, 9.17) is 0 Å². The molecule has 0 bridgehead atoms. The number of carbonyl (C=O) groups is 1. The molecule has 4 rings (SSSR count). The van der Waals surface area contributed by atoms with E-state index >= 15 is 0 Å². The number of nitrogens with zero attached hydrogens (tertiary/aromatic N) is 3. The van der Waals surface area contributed by atoms with Gasteiger partial charge in [-0.25, -0.2) is 22.9 Å². The van der Waals surface area contributed by atoms with Crippen LogP contribution in [0.4, 0.5) is 0 Å². The molecular formula is C14H13N5O5S. The molecule has 0 saturated carbocycles. The van der Waals surface area contributed by atoms with Crippen LogP contribution in [0.15, 0.2) is 45.1 Å². The molecular weight excluding hydrogens is 350 g/mol. The standard InChI is InChI=1S/C7H8N4O2.C7H5NO3S/c1-10-5-4(8-3-9-5)6(12)11(2)7(10)13;9-7-5-3-1-2-4-6(5)12(10,11)8-7/h3H,1-2H3,(H,8,9);1-4H,(H,8,9). The summed E-state index contributed by atoms with van der Waals surface area (Å²) in [6.07, 6.45) is 1.39. The monoisotopic (exact) mass is 363 g/mol. The van der Waals surface area contributed by atoms with Gasteiger partial charge >= 0.3 is 5.69 Å². The van der Waals surface area contributed by atoms with E-state index in [9.17, 15) is 22.8 Å². The first-order valence-electron chi connectivity index (χ1n) is 6.99. The Morgan fingerprint density at radius 1 is 1.04 bits per heavy atom. The van der Waals surface area contributed by atoms with Crippen LogP contribution in [0.2, 0.25) is 0 Å². The quantitative estimate of drug-likeness (QED) is 0.530. The number of aromatic amines is 1. The Morgan fingerprint density at radius 2 is 1.72 bits per heavy atom. The number of hydrogen-bond donors (Lipinski definition) is 2. The fourth-order valence-electron chi connectivity index (χ4n) is 2.39. The first kappa shape index (κ1) is 16.6. The minimum absolute atomic E-state index is 0.0648. The van der Waals surface area contributed by atoms with E-state index in [0.29, 0.717) is 11.2 Å². The van der Waals surface area contributed by atoms with Gasteiger partial charge in [0, 0.05) is 14.1 Å². The van der Waals surface area contributed by atoms with Crippen LogP contribution in [0.1, 0.15) is 10.4 Å². The summed E-state index contributed by atoms with van der Waals surface area (Å²) in [6.45, 7) is 0. The lowest BCUT2D eigenvalue weighted by atomic mass is 10.2. The van der Waals surface area contributed by atoms with Crippen molar-refractivity contribution in [3.63, 3.8) is 0 Å². The van der Waals surface area contributed by atoms with Gasteiger partial charge in [0.05, 0.1) is 11.9 Å². The van der Waals surface area contributed by atoms with Gasteiger partial charge in [-0.15, -0.1) is 0 Å². The highest BCUT2D eigenvalue weighted by Crippen LogP contribution is 2.20. The third-order valence-corrected chi connectivity index (χ3v) is 5.07. The van der Waals surface area contributed by atoms with Gasteiger partial charge in [-0.05, 0) is 12.1 Å². The number of carbonyl (C=O) groups excluding carboxylic acids is 1. The van der Waals surface area contributed by atoms with Gasteiger partial charge in [0.2, 0.25) is 0 Å². The average molecular weight is 363 g/mol. The summed E-state index contributed by atoms with van der Waals surface area (Å²) in [4.78, 5) is 40.4. The second kappa shape index (κ2) is 5.70. The van der Waals surface area contributed by atoms with E-state index in [0.717, 1.165) is 4.57 Å². The van der Waals surface area contributed by atoms with Crippen LogP contribution in [0.25, 0.3) is 11.2 Å². The van der Waals surface area contributed by atoms with Gasteiger partial charge < -0.3 is 4.98 Å². The van der Waals surface area contributed by atoms with Gasteiger partial charge in [-0.2, -0.15) is 0 Å². The molecule has 2 N–H and O–H groups in total. The Bertz CT molecular complexity index is 1220. The molecule has 130 valence electrons. The van der Waals surface area contributed by atoms with Gasteiger partial charge in [0.15, 0.2) is 5.65 Å². The van der Waals surface area contributed by atoms with Gasteiger partial charge in [-0.1, -0.05) is 12.1 Å². The summed E-state index contributed by atoms with van der Waals surface area (Å²) in [6, 6.07) is 6.09. The first-order valence-corrected chi connectivity index (χ1v) is 8.47. The Balaban J connectivity index is 0.000000146. The van der Waals surface area contributed by atoms with Crippen molar-refractivity contribution in [3.05, 3.63) is 57.0 Å². The number of rotatable bonds is 0. The molecule has 1 aromatic carbocycles. The average Bonchev–Trinajstić information content (AvgIpc) is 3.16. The van der Waals surface area contributed by atoms with Crippen LogP contribution >= 0.6 is 0 Å². The van der Waals surface area contributed by atoms with Crippen molar-refractivity contribution in [2.75, 3.05) is 0 Å². The Hall–Kier alpha value is -3.21. The molecule has 11 heteroatoms. The second-order valence-electron chi connectivity index (χ2n) is 5.24. The van der Waals surface area contributed by atoms with Crippen LogP contribution in [-0.4, -0.2) is 33.4 Å². The molecule has 0 atom stereocenters. The maximum Gasteiger partial charge on any atom is 0.332 e. The number of aryl methyl sites for hydroxylation is 1. The zero-order valence-electron chi connectivity index (χ0n) is 13.2. The molecule has 0 spiro atoms. The summed E-state index contributed by atoms with van der Waals surface area (Å²) >= 11 is 0. The summed E-state index contributed by atoms with van der Waals surface area (Å²) in [5.74, 6) is -0.550. The molecule has 3 aromatic rings. The molecule has 1 aliphatic heterocycles. The molecule has 0 fully saturated rings. The Kier molecular flexibility index (Phi) is 3.80. The van der Waals surface area contributed by atoms with Crippen LogP contribution in [0, 0.1) is 0 Å². The van der Waals surface area contributed by atoms with Crippen LogP contribution in [0.5, 0.6) is 0 Å². The number of amides is 1. The lowest BCUT2D eigenvalue weighted by molar-refractivity contribution is 0.0985. The third-order valence-electron chi connectivity index (χ3n) is 3.68. The van der Waals surface area contributed by atoms with Crippen molar-refractivity contribution in [1.29, 1.82) is 0 Å². The molecule has 0 saturated heterocycles.